The summed E-state index contributed by atoms with van der Waals surface area (Å²) in [4.78, 5) is 11.2. The van der Waals surface area contributed by atoms with Crippen LogP contribution in [0.2, 0.25) is 0 Å². The number of thioether (sulfide) groups is 1. The van der Waals surface area contributed by atoms with Gasteiger partial charge in [-0.2, -0.15) is 11.8 Å². The number of nitrogens with one attached hydrogen (secondary N) is 1. The monoisotopic (exact) mass is 291 g/mol. The number of aromatic nitrogens is 3. The van der Waals surface area contributed by atoms with Gasteiger partial charge in [-0.15, -0.1) is 5.10 Å². The van der Waals surface area contributed by atoms with Gasteiger partial charge in [0.15, 0.2) is 5.69 Å². The van der Waals surface area contributed by atoms with Gasteiger partial charge in [0.1, 0.15) is 0 Å². The van der Waals surface area contributed by atoms with Gasteiger partial charge in [-0.1, -0.05) is 35.0 Å². The summed E-state index contributed by atoms with van der Waals surface area (Å²) in [7, 11) is 0. The molecule has 2 aromatic rings. The molecule has 1 heterocycles. The second-order valence-electron chi connectivity index (χ2n) is 4.38. The van der Waals surface area contributed by atoms with E-state index in [1.165, 1.54) is 11.1 Å². The predicted octanol–water partition coefficient (Wildman–Crippen LogP) is 1.12. The number of nitrogens with zero attached hydrogens (tertiary/aromatic N) is 3. The Labute approximate surface area is 121 Å². The Balaban J connectivity index is 1.76. The smallest absolute Gasteiger partial charge is 0.287 e. The highest BCUT2D eigenvalue weighted by Gasteiger charge is 2.08. The molecular weight excluding hydrogens is 274 g/mol. The number of amides is 1. The molecule has 0 spiro atoms. The van der Waals surface area contributed by atoms with Crippen molar-refractivity contribution in [3.8, 4) is 0 Å². The summed E-state index contributed by atoms with van der Waals surface area (Å²) < 4.78 is 1.65. The van der Waals surface area contributed by atoms with Gasteiger partial charge in [0.25, 0.3) is 5.91 Å². The van der Waals surface area contributed by atoms with Crippen molar-refractivity contribution in [2.24, 2.45) is 5.84 Å². The molecule has 0 atom stereocenters. The number of hydrogen-bond acceptors (Lipinski definition) is 5. The molecule has 3 N–H and O–H groups in total. The fourth-order valence-corrected chi connectivity index (χ4v) is 2.61. The number of nitrogen functional groups attached to an aromatic ring is 1. The zero-order chi connectivity index (χ0) is 14.4. The Morgan fingerprint density at radius 1 is 1.50 bits per heavy atom. The third kappa shape index (κ3) is 4.07. The van der Waals surface area contributed by atoms with Crippen LogP contribution in [-0.2, 0) is 12.3 Å². The van der Waals surface area contributed by atoms with Crippen LogP contribution in [0.5, 0.6) is 0 Å². The maximum atomic E-state index is 11.2. The SMILES string of the molecule is Cc1cccc(CSCCn2cc(C(=O)NN)nn2)c1. The van der Waals surface area contributed by atoms with Crippen molar-refractivity contribution in [1.82, 2.24) is 20.4 Å². The van der Waals surface area contributed by atoms with E-state index in [1.54, 1.807) is 10.9 Å². The van der Waals surface area contributed by atoms with E-state index >= 15 is 0 Å². The van der Waals surface area contributed by atoms with Crippen molar-refractivity contribution < 1.29 is 4.79 Å². The lowest BCUT2D eigenvalue weighted by molar-refractivity contribution is 0.0948. The number of carbonyl (C=O) groups is 1. The lowest BCUT2D eigenvalue weighted by atomic mass is 10.2. The Bertz CT molecular complexity index is 584. The van der Waals surface area contributed by atoms with E-state index in [2.05, 4.69) is 41.5 Å². The molecule has 0 aliphatic rings. The Kier molecular flexibility index (Phi) is 5.14. The molecule has 7 heteroatoms. The third-order valence-corrected chi connectivity index (χ3v) is 3.73. The number of hydrazine groups is 1. The molecular formula is C13H17N5OS. The standard InChI is InChI=1S/C13H17N5OS/c1-10-3-2-4-11(7-10)9-20-6-5-18-8-12(16-17-18)13(19)15-14/h2-4,7-8H,5-6,9,14H2,1H3,(H,15,19). The molecule has 0 fully saturated rings. The van der Waals surface area contributed by atoms with Gasteiger partial charge >= 0.3 is 0 Å². The van der Waals surface area contributed by atoms with Gasteiger partial charge in [0.2, 0.25) is 0 Å². The molecule has 106 valence electrons. The van der Waals surface area contributed by atoms with Crippen LogP contribution in [0.4, 0.5) is 0 Å². The van der Waals surface area contributed by atoms with Crippen LogP contribution in [0.1, 0.15) is 21.6 Å². The van der Waals surface area contributed by atoms with E-state index in [4.69, 9.17) is 5.84 Å². The van der Waals surface area contributed by atoms with E-state index in [1.807, 2.05) is 17.2 Å². The molecule has 20 heavy (non-hydrogen) atoms. The normalized spacial score (nSPS) is 10.5. The number of hydrogen-bond donors (Lipinski definition) is 2. The van der Waals surface area contributed by atoms with Gasteiger partial charge in [-0.25, -0.2) is 5.84 Å². The first kappa shape index (κ1) is 14.5. The molecule has 0 saturated carbocycles. The van der Waals surface area contributed by atoms with Gasteiger partial charge in [0.05, 0.1) is 12.7 Å². The fraction of sp³-hybridized carbons (Fsp3) is 0.308. The van der Waals surface area contributed by atoms with E-state index in [0.29, 0.717) is 6.54 Å². The summed E-state index contributed by atoms with van der Waals surface area (Å²) in [5.74, 6) is 6.47. The van der Waals surface area contributed by atoms with Crippen molar-refractivity contribution in [2.75, 3.05) is 5.75 Å². The average Bonchev–Trinajstić information content (AvgIpc) is 2.92. The van der Waals surface area contributed by atoms with Crippen molar-refractivity contribution >= 4 is 17.7 Å². The summed E-state index contributed by atoms with van der Waals surface area (Å²) in [6, 6.07) is 8.47. The van der Waals surface area contributed by atoms with Crippen molar-refractivity contribution in [2.45, 2.75) is 19.2 Å². The van der Waals surface area contributed by atoms with Crippen molar-refractivity contribution in [1.29, 1.82) is 0 Å². The molecule has 2 rings (SSSR count). The van der Waals surface area contributed by atoms with E-state index in [-0.39, 0.29) is 5.69 Å². The Morgan fingerprint density at radius 2 is 2.35 bits per heavy atom. The predicted molar refractivity (Wildman–Crippen MR) is 79.0 cm³/mol. The van der Waals surface area contributed by atoms with E-state index < -0.39 is 5.91 Å². The average molecular weight is 291 g/mol. The molecule has 0 saturated heterocycles. The zero-order valence-electron chi connectivity index (χ0n) is 11.2. The van der Waals surface area contributed by atoms with E-state index in [0.717, 1.165) is 11.5 Å². The highest BCUT2D eigenvalue weighted by atomic mass is 32.2. The number of nitrogens with two attached hydrogens (primary N) is 1. The first-order valence-corrected chi connectivity index (χ1v) is 7.39. The van der Waals surface area contributed by atoms with Gasteiger partial charge in [-0.05, 0) is 12.5 Å². The van der Waals surface area contributed by atoms with Crippen LogP contribution in [0.25, 0.3) is 0 Å². The second-order valence-corrected chi connectivity index (χ2v) is 5.49. The van der Waals surface area contributed by atoms with Crippen LogP contribution in [0, 0.1) is 6.92 Å². The van der Waals surface area contributed by atoms with Crippen LogP contribution in [-0.4, -0.2) is 26.7 Å². The highest BCUT2D eigenvalue weighted by Crippen LogP contribution is 2.13. The summed E-state index contributed by atoms with van der Waals surface area (Å²) >= 11 is 1.82. The quantitative estimate of drug-likeness (QED) is 0.360. The maximum absolute atomic E-state index is 11.2. The van der Waals surface area contributed by atoms with Crippen LogP contribution in [0.3, 0.4) is 0 Å². The molecule has 0 aliphatic carbocycles. The van der Waals surface area contributed by atoms with Gasteiger partial charge in [-0.3, -0.25) is 14.9 Å². The number of benzene rings is 1. The molecule has 6 nitrogen and oxygen atoms in total. The molecule has 1 aromatic carbocycles. The summed E-state index contributed by atoms with van der Waals surface area (Å²) in [5, 5.41) is 7.63. The maximum Gasteiger partial charge on any atom is 0.287 e. The lowest BCUT2D eigenvalue weighted by Crippen LogP contribution is -2.30. The molecule has 0 radical (unpaired) electrons. The topological polar surface area (TPSA) is 85.8 Å². The zero-order valence-corrected chi connectivity index (χ0v) is 12.1. The molecule has 1 aromatic heterocycles. The second kappa shape index (κ2) is 7.06. The number of aryl methyl sites for hydroxylation is 2. The number of carbonyl (C=O) groups excluding carboxylic acids is 1. The fourth-order valence-electron chi connectivity index (χ4n) is 1.74. The molecule has 1 amide bonds. The summed E-state index contributed by atoms with van der Waals surface area (Å²) in [6.07, 6.45) is 1.59. The Hall–Kier alpha value is -1.86. The lowest BCUT2D eigenvalue weighted by Gasteiger charge is -2.03. The number of rotatable bonds is 6. The minimum Gasteiger partial charge on any atom is -0.289 e. The van der Waals surface area contributed by atoms with Crippen LogP contribution in [0.15, 0.2) is 30.5 Å². The largest absolute Gasteiger partial charge is 0.289 e. The van der Waals surface area contributed by atoms with Crippen LogP contribution < -0.4 is 11.3 Å². The minimum atomic E-state index is -0.427. The van der Waals surface area contributed by atoms with E-state index in [9.17, 15) is 4.79 Å². The van der Waals surface area contributed by atoms with Gasteiger partial charge < -0.3 is 0 Å². The van der Waals surface area contributed by atoms with Gasteiger partial charge in [0, 0.05) is 11.5 Å². The van der Waals surface area contributed by atoms with Crippen molar-refractivity contribution in [3.63, 3.8) is 0 Å². The summed E-state index contributed by atoms with van der Waals surface area (Å²) in [6.45, 7) is 2.80. The van der Waals surface area contributed by atoms with Crippen LogP contribution >= 0.6 is 11.8 Å². The minimum absolute atomic E-state index is 0.233. The molecule has 0 unspecified atom stereocenters. The highest BCUT2D eigenvalue weighted by molar-refractivity contribution is 7.98. The molecule has 0 aliphatic heterocycles. The molecule has 0 bridgehead atoms. The summed E-state index contributed by atoms with van der Waals surface area (Å²) in [5.41, 5.74) is 4.85. The first-order chi connectivity index (χ1) is 9.69. The Morgan fingerprint density at radius 3 is 3.10 bits per heavy atom. The van der Waals surface area contributed by atoms with Crippen molar-refractivity contribution in [3.05, 3.63) is 47.3 Å². The third-order valence-electron chi connectivity index (χ3n) is 2.72. The first-order valence-electron chi connectivity index (χ1n) is 6.23.